The summed E-state index contributed by atoms with van der Waals surface area (Å²) < 4.78 is 10.8. The molecule has 0 atom stereocenters. The largest absolute Gasteiger partial charge is 0.466 e. The first kappa shape index (κ1) is 13.0. The Balaban J connectivity index is 2.07. The zero-order chi connectivity index (χ0) is 11.8. The van der Waals surface area contributed by atoms with Crippen LogP contribution in [0.4, 0.5) is 0 Å². The highest BCUT2D eigenvalue weighted by atomic mass is 16.5. The van der Waals surface area contributed by atoms with Gasteiger partial charge in [0.2, 0.25) is 0 Å². The third kappa shape index (κ3) is 4.64. The van der Waals surface area contributed by atoms with Crippen LogP contribution in [0.15, 0.2) is 23.1 Å². The van der Waals surface area contributed by atoms with Gasteiger partial charge in [-0.3, -0.25) is 0 Å². The minimum absolute atomic E-state index is 0.740. The van der Waals surface area contributed by atoms with Gasteiger partial charge < -0.3 is 14.5 Å². The minimum atomic E-state index is 0.740. The van der Waals surface area contributed by atoms with Crippen molar-refractivity contribution in [1.29, 1.82) is 0 Å². The van der Waals surface area contributed by atoms with E-state index in [-0.39, 0.29) is 0 Å². The zero-order valence-electron chi connectivity index (χ0n) is 10.2. The topological polar surface area (TPSA) is 34.4 Å². The third-order valence-electron chi connectivity index (χ3n) is 2.35. The smallest absolute Gasteiger partial charge is 0.105 e. The van der Waals surface area contributed by atoms with Crippen molar-refractivity contribution in [3.63, 3.8) is 0 Å². The van der Waals surface area contributed by atoms with Crippen molar-refractivity contribution >= 4 is 0 Å². The summed E-state index contributed by atoms with van der Waals surface area (Å²) in [7, 11) is 0. The van der Waals surface area contributed by atoms with Crippen LogP contribution in [0.5, 0.6) is 0 Å². The van der Waals surface area contributed by atoms with E-state index in [1.54, 1.807) is 0 Å². The first-order valence-electron chi connectivity index (χ1n) is 5.69. The number of aryl methyl sites for hydroxylation is 2. The van der Waals surface area contributed by atoms with E-state index in [2.05, 4.69) is 18.0 Å². The van der Waals surface area contributed by atoms with Crippen LogP contribution in [-0.2, 0) is 11.3 Å². The van der Waals surface area contributed by atoms with Gasteiger partial charge in [-0.05, 0) is 26.3 Å². The fourth-order valence-electron chi connectivity index (χ4n) is 1.50. The molecule has 0 unspecified atom stereocenters. The van der Waals surface area contributed by atoms with E-state index in [1.165, 1.54) is 5.56 Å². The molecule has 0 bridgehead atoms. The second kappa shape index (κ2) is 7.25. The standard InChI is InChI=1S/C13H21NO2/c1-4-5-7-15-8-6-14-10-13-9-11(2)16-12(13)3/h4,9,14H,1,5-8,10H2,2-3H3. The Bertz CT molecular complexity index is 318. The molecule has 0 spiro atoms. The average Bonchev–Trinajstić information content (AvgIpc) is 2.56. The monoisotopic (exact) mass is 223 g/mol. The fourth-order valence-corrected chi connectivity index (χ4v) is 1.50. The number of hydrogen-bond acceptors (Lipinski definition) is 3. The summed E-state index contributed by atoms with van der Waals surface area (Å²) in [5.74, 6) is 1.97. The minimum Gasteiger partial charge on any atom is -0.466 e. The molecular formula is C13H21NO2. The van der Waals surface area contributed by atoms with Crippen LogP contribution in [-0.4, -0.2) is 19.8 Å². The molecule has 0 aliphatic rings. The van der Waals surface area contributed by atoms with Gasteiger partial charge in [-0.1, -0.05) is 6.08 Å². The van der Waals surface area contributed by atoms with Gasteiger partial charge in [-0.25, -0.2) is 0 Å². The molecule has 1 N–H and O–H groups in total. The van der Waals surface area contributed by atoms with Crippen LogP contribution >= 0.6 is 0 Å². The van der Waals surface area contributed by atoms with Gasteiger partial charge in [0, 0.05) is 18.7 Å². The third-order valence-corrected chi connectivity index (χ3v) is 2.35. The lowest BCUT2D eigenvalue weighted by atomic mass is 10.2. The molecule has 0 aliphatic heterocycles. The Morgan fingerprint density at radius 2 is 2.25 bits per heavy atom. The SMILES string of the molecule is C=CCCOCCNCc1cc(C)oc1C. The summed E-state index contributed by atoms with van der Waals surface area (Å²) in [6.07, 6.45) is 2.78. The van der Waals surface area contributed by atoms with Crippen molar-refractivity contribution in [3.8, 4) is 0 Å². The van der Waals surface area contributed by atoms with Crippen LogP contribution in [0.1, 0.15) is 23.5 Å². The van der Waals surface area contributed by atoms with Crippen molar-refractivity contribution in [3.05, 3.63) is 35.8 Å². The summed E-state index contributed by atoms with van der Waals surface area (Å²) in [6, 6.07) is 2.07. The molecule has 1 aromatic heterocycles. The molecule has 0 amide bonds. The molecule has 0 saturated heterocycles. The predicted octanol–water partition coefficient (Wildman–Crippen LogP) is 2.58. The molecule has 1 aromatic rings. The van der Waals surface area contributed by atoms with E-state index in [0.717, 1.165) is 44.2 Å². The Labute approximate surface area is 97.5 Å². The molecule has 3 heteroatoms. The first-order chi connectivity index (χ1) is 7.74. The second-order valence-corrected chi connectivity index (χ2v) is 3.80. The molecule has 0 saturated carbocycles. The van der Waals surface area contributed by atoms with Gasteiger partial charge in [0.05, 0.1) is 13.2 Å². The lowest BCUT2D eigenvalue weighted by molar-refractivity contribution is 0.140. The molecule has 0 radical (unpaired) electrons. The molecular weight excluding hydrogens is 202 g/mol. The quantitative estimate of drug-likeness (QED) is 0.543. The van der Waals surface area contributed by atoms with Gasteiger partial charge in [-0.15, -0.1) is 6.58 Å². The molecule has 90 valence electrons. The lowest BCUT2D eigenvalue weighted by Crippen LogP contribution is -2.19. The molecule has 0 aliphatic carbocycles. The number of ether oxygens (including phenoxy) is 1. The summed E-state index contributed by atoms with van der Waals surface area (Å²) >= 11 is 0. The summed E-state index contributed by atoms with van der Waals surface area (Å²) in [5.41, 5.74) is 1.23. The molecule has 16 heavy (non-hydrogen) atoms. The molecule has 1 heterocycles. The Kier molecular flexibility index (Phi) is 5.90. The molecule has 0 fully saturated rings. The zero-order valence-corrected chi connectivity index (χ0v) is 10.2. The van der Waals surface area contributed by atoms with Crippen LogP contribution in [0.3, 0.4) is 0 Å². The number of rotatable bonds is 8. The summed E-state index contributed by atoms with van der Waals surface area (Å²) in [4.78, 5) is 0. The van der Waals surface area contributed by atoms with E-state index in [4.69, 9.17) is 9.15 Å². The average molecular weight is 223 g/mol. The van der Waals surface area contributed by atoms with Crippen molar-refractivity contribution < 1.29 is 9.15 Å². The maximum absolute atomic E-state index is 5.44. The van der Waals surface area contributed by atoms with Gasteiger partial charge in [0.15, 0.2) is 0 Å². The van der Waals surface area contributed by atoms with Gasteiger partial charge in [0.1, 0.15) is 11.5 Å². The van der Waals surface area contributed by atoms with Crippen LogP contribution < -0.4 is 5.32 Å². The van der Waals surface area contributed by atoms with Crippen molar-refractivity contribution in [1.82, 2.24) is 5.32 Å². The Hall–Kier alpha value is -1.06. The van der Waals surface area contributed by atoms with Crippen LogP contribution in [0, 0.1) is 13.8 Å². The fraction of sp³-hybridized carbons (Fsp3) is 0.538. The summed E-state index contributed by atoms with van der Waals surface area (Å²) in [6.45, 7) is 10.8. The normalized spacial score (nSPS) is 10.6. The Morgan fingerprint density at radius 3 is 2.88 bits per heavy atom. The highest BCUT2D eigenvalue weighted by molar-refractivity contribution is 5.19. The lowest BCUT2D eigenvalue weighted by Gasteiger charge is -2.04. The first-order valence-corrected chi connectivity index (χ1v) is 5.69. The van der Waals surface area contributed by atoms with Crippen LogP contribution in [0.25, 0.3) is 0 Å². The Morgan fingerprint density at radius 1 is 1.44 bits per heavy atom. The number of hydrogen-bond donors (Lipinski definition) is 1. The highest BCUT2D eigenvalue weighted by Gasteiger charge is 2.02. The molecule has 3 nitrogen and oxygen atoms in total. The van der Waals surface area contributed by atoms with Crippen molar-refractivity contribution in [2.24, 2.45) is 0 Å². The maximum Gasteiger partial charge on any atom is 0.105 e. The van der Waals surface area contributed by atoms with Crippen LogP contribution in [0.2, 0.25) is 0 Å². The van der Waals surface area contributed by atoms with E-state index < -0.39 is 0 Å². The molecule has 0 aromatic carbocycles. The van der Waals surface area contributed by atoms with Crippen molar-refractivity contribution in [2.45, 2.75) is 26.8 Å². The van der Waals surface area contributed by atoms with Gasteiger partial charge >= 0.3 is 0 Å². The van der Waals surface area contributed by atoms with Gasteiger partial charge in [-0.2, -0.15) is 0 Å². The number of furan rings is 1. The van der Waals surface area contributed by atoms with Gasteiger partial charge in [0.25, 0.3) is 0 Å². The van der Waals surface area contributed by atoms with E-state index in [9.17, 15) is 0 Å². The second-order valence-electron chi connectivity index (χ2n) is 3.80. The number of nitrogens with one attached hydrogen (secondary N) is 1. The van der Waals surface area contributed by atoms with Crippen molar-refractivity contribution in [2.75, 3.05) is 19.8 Å². The van der Waals surface area contributed by atoms with E-state index in [0.29, 0.717) is 0 Å². The highest BCUT2D eigenvalue weighted by Crippen LogP contribution is 2.12. The predicted molar refractivity (Wildman–Crippen MR) is 65.5 cm³/mol. The summed E-state index contributed by atoms with van der Waals surface area (Å²) in [5, 5.41) is 3.32. The van der Waals surface area contributed by atoms with E-state index >= 15 is 0 Å². The maximum atomic E-state index is 5.44. The van der Waals surface area contributed by atoms with E-state index in [1.807, 2.05) is 19.9 Å². The molecule has 1 rings (SSSR count).